The number of pyridine rings is 1. The van der Waals surface area contributed by atoms with Gasteiger partial charge in [0.15, 0.2) is 5.96 Å². The Hall–Kier alpha value is -2.60. The predicted molar refractivity (Wildman–Crippen MR) is 116 cm³/mol. The molecule has 0 spiro atoms. The molecule has 0 amide bonds. The zero-order chi connectivity index (χ0) is 20.5. The van der Waals surface area contributed by atoms with Crippen molar-refractivity contribution in [1.82, 2.24) is 15.6 Å². The maximum absolute atomic E-state index is 6.14. The van der Waals surface area contributed by atoms with Gasteiger partial charge >= 0.3 is 0 Å². The molecule has 2 aromatic rings. The molecule has 3 rings (SSSR count). The van der Waals surface area contributed by atoms with Gasteiger partial charge in [0.1, 0.15) is 0 Å². The summed E-state index contributed by atoms with van der Waals surface area (Å²) in [5.74, 6) is 1.81. The number of nitrogens with one attached hydrogen (secondary N) is 2. The van der Waals surface area contributed by atoms with Crippen LogP contribution in [0.1, 0.15) is 42.7 Å². The minimum Gasteiger partial charge on any atom is -0.481 e. The lowest BCUT2D eigenvalue weighted by molar-refractivity contribution is -0.0265. The van der Waals surface area contributed by atoms with E-state index >= 15 is 0 Å². The molecule has 2 heterocycles. The summed E-state index contributed by atoms with van der Waals surface area (Å²) in [6, 6.07) is 14.4. The van der Waals surface area contributed by atoms with E-state index in [1.807, 2.05) is 18.2 Å². The minimum atomic E-state index is 0.125. The fourth-order valence-corrected chi connectivity index (χ4v) is 3.57. The normalized spacial score (nSPS) is 19.6. The summed E-state index contributed by atoms with van der Waals surface area (Å²) in [7, 11) is 1.62. The van der Waals surface area contributed by atoms with Gasteiger partial charge in [0, 0.05) is 31.7 Å². The lowest BCUT2D eigenvalue weighted by Gasteiger charge is -2.32. The van der Waals surface area contributed by atoms with Gasteiger partial charge in [-0.15, -0.1) is 0 Å². The molecule has 2 atom stereocenters. The summed E-state index contributed by atoms with van der Waals surface area (Å²) in [6.45, 7) is 7.12. The number of ether oxygens (including phenoxy) is 2. The van der Waals surface area contributed by atoms with Gasteiger partial charge in [-0.25, -0.2) is 9.98 Å². The molecule has 2 unspecified atom stereocenters. The van der Waals surface area contributed by atoms with Crippen LogP contribution in [0.3, 0.4) is 0 Å². The van der Waals surface area contributed by atoms with Gasteiger partial charge in [0.05, 0.1) is 25.5 Å². The van der Waals surface area contributed by atoms with E-state index < -0.39 is 0 Å². The van der Waals surface area contributed by atoms with Crippen LogP contribution in [0.2, 0.25) is 0 Å². The van der Waals surface area contributed by atoms with Crippen LogP contribution in [0.25, 0.3) is 0 Å². The first-order chi connectivity index (χ1) is 14.2. The third kappa shape index (κ3) is 6.19. The van der Waals surface area contributed by atoms with Gasteiger partial charge in [-0.3, -0.25) is 0 Å². The van der Waals surface area contributed by atoms with Crippen molar-refractivity contribution in [3.8, 4) is 5.88 Å². The number of benzene rings is 1. The predicted octanol–water partition coefficient (Wildman–Crippen LogP) is 3.62. The molecule has 0 saturated carbocycles. The first kappa shape index (κ1) is 21.1. The number of aromatic nitrogens is 1. The molecule has 0 radical (unpaired) electrons. The SMILES string of the molecule is CCNC(=NCc1cccc(OC)n1)NCC1CCCOC1c1ccc(C)cc1. The zero-order valence-corrected chi connectivity index (χ0v) is 17.6. The van der Waals surface area contributed by atoms with Crippen molar-refractivity contribution in [3.63, 3.8) is 0 Å². The van der Waals surface area contributed by atoms with E-state index in [4.69, 9.17) is 9.47 Å². The monoisotopic (exact) mass is 396 g/mol. The topological polar surface area (TPSA) is 67.8 Å². The standard InChI is InChI=1S/C23H32N4O2/c1-4-24-23(26-16-20-8-5-9-21(27-20)28-3)25-15-19-7-6-14-29-22(19)18-12-10-17(2)11-13-18/h5,8-13,19,22H,4,6-7,14-16H2,1-3H3,(H2,24,25,26). The average Bonchev–Trinajstić information content (AvgIpc) is 2.76. The van der Waals surface area contributed by atoms with Crippen molar-refractivity contribution in [2.75, 3.05) is 26.8 Å². The van der Waals surface area contributed by atoms with Gasteiger partial charge in [-0.2, -0.15) is 0 Å². The van der Waals surface area contributed by atoms with Crippen LogP contribution in [0.5, 0.6) is 5.88 Å². The smallest absolute Gasteiger partial charge is 0.213 e. The first-order valence-corrected chi connectivity index (χ1v) is 10.4. The summed E-state index contributed by atoms with van der Waals surface area (Å²) in [6.07, 6.45) is 2.36. The molecule has 1 aliphatic heterocycles. The third-order valence-electron chi connectivity index (χ3n) is 5.12. The number of hydrogen-bond donors (Lipinski definition) is 2. The molecule has 6 heteroatoms. The lowest BCUT2D eigenvalue weighted by Crippen LogP contribution is -2.42. The van der Waals surface area contributed by atoms with Crippen LogP contribution in [0, 0.1) is 12.8 Å². The Morgan fingerprint density at radius 1 is 1.21 bits per heavy atom. The van der Waals surface area contributed by atoms with E-state index in [2.05, 4.69) is 58.7 Å². The Morgan fingerprint density at radius 2 is 2.03 bits per heavy atom. The number of rotatable bonds is 7. The number of nitrogens with zero attached hydrogens (tertiary/aromatic N) is 2. The summed E-state index contributed by atoms with van der Waals surface area (Å²) in [5, 5.41) is 6.82. The maximum Gasteiger partial charge on any atom is 0.213 e. The van der Waals surface area contributed by atoms with Gasteiger partial charge in [-0.05, 0) is 38.3 Å². The fourth-order valence-electron chi connectivity index (χ4n) is 3.57. The maximum atomic E-state index is 6.14. The summed E-state index contributed by atoms with van der Waals surface area (Å²) in [5.41, 5.74) is 3.40. The van der Waals surface area contributed by atoms with Gasteiger partial charge < -0.3 is 20.1 Å². The summed E-state index contributed by atoms with van der Waals surface area (Å²) in [4.78, 5) is 9.12. The van der Waals surface area contributed by atoms with E-state index in [9.17, 15) is 0 Å². The molecule has 29 heavy (non-hydrogen) atoms. The molecule has 0 aliphatic carbocycles. The molecule has 1 saturated heterocycles. The van der Waals surface area contributed by atoms with E-state index in [0.29, 0.717) is 18.3 Å². The highest BCUT2D eigenvalue weighted by Crippen LogP contribution is 2.33. The molecule has 156 valence electrons. The molecule has 1 aliphatic rings. The van der Waals surface area contributed by atoms with Gasteiger partial charge in [0.25, 0.3) is 0 Å². The Morgan fingerprint density at radius 3 is 2.79 bits per heavy atom. The number of aryl methyl sites for hydroxylation is 1. The van der Waals surface area contributed by atoms with Crippen LogP contribution in [-0.2, 0) is 11.3 Å². The highest BCUT2D eigenvalue weighted by Gasteiger charge is 2.27. The Kier molecular flexibility index (Phi) is 7.87. The van der Waals surface area contributed by atoms with Crippen molar-refractivity contribution in [3.05, 3.63) is 59.3 Å². The first-order valence-electron chi connectivity index (χ1n) is 10.4. The van der Waals surface area contributed by atoms with E-state index in [-0.39, 0.29) is 6.10 Å². The molecule has 1 aromatic heterocycles. The van der Waals surface area contributed by atoms with Crippen molar-refractivity contribution in [1.29, 1.82) is 0 Å². The zero-order valence-electron chi connectivity index (χ0n) is 17.6. The average molecular weight is 397 g/mol. The fraction of sp³-hybridized carbons (Fsp3) is 0.478. The molecule has 1 fully saturated rings. The van der Waals surface area contributed by atoms with E-state index in [0.717, 1.165) is 44.2 Å². The number of methoxy groups -OCH3 is 1. The highest BCUT2D eigenvalue weighted by atomic mass is 16.5. The summed E-state index contributed by atoms with van der Waals surface area (Å²) >= 11 is 0. The Labute approximate surface area is 173 Å². The van der Waals surface area contributed by atoms with Crippen LogP contribution in [-0.4, -0.2) is 37.7 Å². The number of aliphatic imine (C=N–C) groups is 1. The lowest BCUT2D eigenvalue weighted by atomic mass is 9.89. The number of guanidine groups is 1. The second kappa shape index (κ2) is 10.8. The highest BCUT2D eigenvalue weighted by molar-refractivity contribution is 5.79. The molecular formula is C23H32N4O2. The quantitative estimate of drug-likeness (QED) is 0.553. The molecule has 0 bridgehead atoms. The second-order valence-electron chi connectivity index (χ2n) is 7.35. The van der Waals surface area contributed by atoms with Crippen LogP contribution >= 0.6 is 0 Å². The number of hydrogen-bond acceptors (Lipinski definition) is 4. The van der Waals surface area contributed by atoms with Crippen molar-refractivity contribution >= 4 is 5.96 Å². The van der Waals surface area contributed by atoms with Gasteiger partial charge in [0.2, 0.25) is 5.88 Å². The molecular weight excluding hydrogens is 364 g/mol. The van der Waals surface area contributed by atoms with Crippen LogP contribution in [0.4, 0.5) is 0 Å². The van der Waals surface area contributed by atoms with Crippen molar-refractivity contribution in [2.45, 2.75) is 39.3 Å². The second-order valence-corrected chi connectivity index (χ2v) is 7.35. The molecule has 2 N–H and O–H groups in total. The van der Waals surface area contributed by atoms with Crippen LogP contribution < -0.4 is 15.4 Å². The van der Waals surface area contributed by atoms with Crippen molar-refractivity contribution in [2.24, 2.45) is 10.9 Å². The largest absolute Gasteiger partial charge is 0.481 e. The third-order valence-corrected chi connectivity index (χ3v) is 5.12. The minimum absolute atomic E-state index is 0.125. The van der Waals surface area contributed by atoms with Crippen LogP contribution in [0.15, 0.2) is 47.5 Å². The van der Waals surface area contributed by atoms with Crippen molar-refractivity contribution < 1.29 is 9.47 Å². The molecule has 6 nitrogen and oxygen atoms in total. The Balaban J connectivity index is 1.63. The van der Waals surface area contributed by atoms with E-state index in [1.165, 1.54) is 11.1 Å². The van der Waals surface area contributed by atoms with E-state index in [1.54, 1.807) is 7.11 Å². The Bertz CT molecular complexity index is 792. The van der Waals surface area contributed by atoms with Gasteiger partial charge in [-0.1, -0.05) is 35.9 Å². The molecule has 1 aromatic carbocycles. The summed E-state index contributed by atoms with van der Waals surface area (Å²) < 4.78 is 11.3.